The van der Waals surface area contributed by atoms with Gasteiger partial charge in [0.25, 0.3) is 5.91 Å². The Bertz CT molecular complexity index is 614. The summed E-state index contributed by atoms with van der Waals surface area (Å²) in [6.45, 7) is 4.90. The van der Waals surface area contributed by atoms with Crippen LogP contribution in [0.4, 0.5) is 17.6 Å². The number of carbonyl (C=O) groups is 2. The van der Waals surface area contributed by atoms with Gasteiger partial charge in [-0.3, -0.25) is 9.59 Å². The van der Waals surface area contributed by atoms with Crippen molar-refractivity contribution in [3.8, 4) is 0 Å². The molecule has 1 aromatic rings. The summed E-state index contributed by atoms with van der Waals surface area (Å²) in [7, 11) is 0. The molecule has 0 aliphatic rings. The SMILES string of the molecule is CC(C)CC(C)(NC(=O)c1cc(C(F)(F)F)ccc1F)C(N)=O. The molecule has 0 radical (unpaired) electrons. The van der Waals surface area contributed by atoms with Crippen LogP contribution in [-0.4, -0.2) is 17.4 Å². The number of hydrogen-bond donors (Lipinski definition) is 2. The molecule has 0 aromatic heterocycles. The molecule has 8 heteroatoms. The molecule has 0 saturated carbocycles. The molecule has 4 nitrogen and oxygen atoms in total. The summed E-state index contributed by atoms with van der Waals surface area (Å²) < 4.78 is 51.7. The third-order valence-corrected chi connectivity index (χ3v) is 3.29. The van der Waals surface area contributed by atoms with Gasteiger partial charge in [0.05, 0.1) is 11.1 Å². The number of primary amides is 1. The lowest BCUT2D eigenvalue weighted by atomic mass is 9.89. The molecule has 0 aliphatic heterocycles. The number of carbonyl (C=O) groups excluding carboxylic acids is 2. The minimum Gasteiger partial charge on any atom is -0.368 e. The number of benzene rings is 1. The van der Waals surface area contributed by atoms with E-state index in [4.69, 9.17) is 5.73 Å². The normalized spacial score (nSPS) is 14.4. The minimum absolute atomic E-state index is 0.0286. The van der Waals surface area contributed by atoms with Crippen molar-refractivity contribution >= 4 is 11.8 Å². The summed E-state index contributed by atoms with van der Waals surface area (Å²) in [6, 6.07) is 1.50. The van der Waals surface area contributed by atoms with Crippen LogP contribution in [0.5, 0.6) is 0 Å². The molecule has 0 heterocycles. The van der Waals surface area contributed by atoms with Crippen molar-refractivity contribution in [3.63, 3.8) is 0 Å². The van der Waals surface area contributed by atoms with Gasteiger partial charge in [0, 0.05) is 0 Å². The number of halogens is 4. The van der Waals surface area contributed by atoms with Crippen LogP contribution in [-0.2, 0) is 11.0 Å². The molecule has 1 atom stereocenters. The van der Waals surface area contributed by atoms with Crippen LogP contribution in [0.25, 0.3) is 0 Å². The number of amides is 2. The molecule has 0 fully saturated rings. The van der Waals surface area contributed by atoms with Gasteiger partial charge >= 0.3 is 6.18 Å². The third kappa shape index (κ3) is 4.67. The standard InChI is InChI=1S/C15H18F4N2O2/c1-8(2)7-14(3,13(20)23)21-12(22)10-6-9(15(17,18)19)4-5-11(10)16/h4-6,8H,7H2,1-3H3,(H2,20,23)(H,21,22). The van der Waals surface area contributed by atoms with Gasteiger partial charge in [0.2, 0.25) is 5.91 Å². The first kappa shape index (κ1) is 18.9. The average molecular weight is 334 g/mol. The zero-order valence-electron chi connectivity index (χ0n) is 12.9. The van der Waals surface area contributed by atoms with E-state index in [1.165, 1.54) is 6.92 Å². The first-order valence-corrected chi connectivity index (χ1v) is 6.86. The van der Waals surface area contributed by atoms with E-state index in [0.717, 1.165) is 0 Å². The third-order valence-electron chi connectivity index (χ3n) is 3.29. The second kappa shape index (κ2) is 6.55. The predicted octanol–water partition coefficient (Wildman–Crippen LogP) is 2.86. The van der Waals surface area contributed by atoms with Gasteiger partial charge in [0.1, 0.15) is 11.4 Å². The van der Waals surface area contributed by atoms with Crippen LogP contribution in [0.3, 0.4) is 0 Å². The maximum atomic E-state index is 13.7. The van der Waals surface area contributed by atoms with Crippen molar-refractivity contribution in [2.45, 2.75) is 38.9 Å². The molecule has 1 aromatic carbocycles. The van der Waals surface area contributed by atoms with Crippen LogP contribution >= 0.6 is 0 Å². The van der Waals surface area contributed by atoms with Crippen molar-refractivity contribution in [3.05, 3.63) is 35.1 Å². The zero-order valence-corrected chi connectivity index (χ0v) is 12.9. The molecule has 1 rings (SSSR count). The van der Waals surface area contributed by atoms with E-state index in [1.807, 2.05) is 0 Å². The highest BCUT2D eigenvalue weighted by Gasteiger charge is 2.36. The van der Waals surface area contributed by atoms with E-state index >= 15 is 0 Å². The molecule has 128 valence electrons. The molecule has 0 aliphatic carbocycles. The van der Waals surface area contributed by atoms with Gasteiger partial charge < -0.3 is 11.1 Å². The van der Waals surface area contributed by atoms with E-state index in [-0.39, 0.29) is 12.3 Å². The highest BCUT2D eigenvalue weighted by atomic mass is 19.4. The Hall–Kier alpha value is -2.12. The van der Waals surface area contributed by atoms with Gasteiger partial charge in [0.15, 0.2) is 0 Å². The Labute approximate surface area is 131 Å². The molecule has 3 N–H and O–H groups in total. The van der Waals surface area contributed by atoms with Gasteiger partial charge in [-0.1, -0.05) is 13.8 Å². The van der Waals surface area contributed by atoms with Crippen molar-refractivity contribution in [1.82, 2.24) is 5.32 Å². The summed E-state index contributed by atoms with van der Waals surface area (Å²) in [5, 5.41) is 2.24. The molecule has 2 amide bonds. The molecular weight excluding hydrogens is 316 g/mol. The summed E-state index contributed by atoms with van der Waals surface area (Å²) >= 11 is 0. The second-order valence-corrected chi connectivity index (χ2v) is 5.94. The summed E-state index contributed by atoms with van der Waals surface area (Å²) in [6.07, 6.45) is -4.55. The van der Waals surface area contributed by atoms with Crippen LogP contribution in [0.2, 0.25) is 0 Å². The van der Waals surface area contributed by atoms with Crippen LogP contribution in [0.1, 0.15) is 43.1 Å². The van der Waals surface area contributed by atoms with Crippen LogP contribution < -0.4 is 11.1 Å². The maximum absolute atomic E-state index is 13.7. The summed E-state index contributed by atoms with van der Waals surface area (Å²) in [4.78, 5) is 23.7. The Balaban J connectivity index is 3.16. The van der Waals surface area contributed by atoms with Crippen LogP contribution in [0, 0.1) is 11.7 Å². The smallest absolute Gasteiger partial charge is 0.368 e. The second-order valence-electron chi connectivity index (χ2n) is 5.94. The van der Waals surface area contributed by atoms with E-state index in [2.05, 4.69) is 5.32 Å². The molecule has 0 bridgehead atoms. The van der Waals surface area contributed by atoms with Gasteiger partial charge in [-0.05, 0) is 37.5 Å². The predicted molar refractivity (Wildman–Crippen MR) is 75.9 cm³/mol. The Kier molecular flexibility index (Phi) is 5.39. The topological polar surface area (TPSA) is 72.2 Å². The summed E-state index contributed by atoms with van der Waals surface area (Å²) in [5.74, 6) is -3.13. The lowest BCUT2D eigenvalue weighted by Gasteiger charge is -2.29. The van der Waals surface area contributed by atoms with Crippen molar-refractivity contribution < 1.29 is 27.2 Å². The fourth-order valence-electron chi connectivity index (χ4n) is 2.22. The van der Waals surface area contributed by atoms with Gasteiger partial charge in [-0.25, -0.2) is 4.39 Å². The van der Waals surface area contributed by atoms with Crippen molar-refractivity contribution in [1.29, 1.82) is 0 Å². The largest absolute Gasteiger partial charge is 0.416 e. The molecular formula is C15H18F4N2O2. The Morgan fingerprint density at radius 2 is 1.83 bits per heavy atom. The fourth-order valence-corrected chi connectivity index (χ4v) is 2.22. The monoisotopic (exact) mass is 334 g/mol. The summed E-state index contributed by atoms with van der Waals surface area (Å²) in [5.41, 5.74) is 1.81. The van der Waals surface area contributed by atoms with E-state index < -0.39 is 40.5 Å². The number of hydrogen-bond acceptors (Lipinski definition) is 2. The highest BCUT2D eigenvalue weighted by molar-refractivity contribution is 5.99. The molecule has 0 saturated heterocycles. The molecule has 1 unspecified atom stereocenters. The number of rotatable bonds is 5. The first-order valence-electron chi connectivity index (χ1n) is 6.86. The van der Waals surface area contributed by atoms with Gasteiger partial charge in [-0.2, -0.15) is 13.2 Å². The zero-order chi connectivity index (χ0) is 18.0. The average Bonchev–Trinajstić information content (AvgIpc) is 2.36. The lowest BCUT2D eigenvalue weighted by Crippen LogP contribution is -2.56. The van der Waals surface area contributed by atoms with Gasteiger partial charge in [-0.15, -0.1) is 0 Å². The van der Waals surface area contributed by atoms with E-state index in [1.54, 1.807) is 13.8 Å². The van der Waals surface area contributed by atoms with Crippen LogP contribution in [0.15, 0.2) is 18.2 Å². The fraction of sp³-hybridized carbons (Fsp3) is 0.467. The number of nitrogens with two attached hydrogens (primary N) is 1. The Morgan fingerprint density at radius 3 is 2.26 bits per heavy atom. The quantitative estimate of drug-likeness (QED) is 0.813. The van der Waals surface area contributed by atoms with E-state index in [0.29, 0.717) is 18.2 Å². The Morgan fingerprint density at radius 1 is 1.26 bits per heavy atom. The van der Waals surface area contributed by atoms with Crippen molar-refractivity contribution in [2.75, 3.05) is 0 Å². The number of alkyl halides is 3. The number of nitrogens with one attached hydrogen (secondary N) is 1. The lowest BCUT2D eigenvalue weighted by molar-refractivity contribution is -0.137. The molecule has 0 spiro atoms. The van der Waals surface area contributed by atoms with Crippen molar-refractivity contribution in [2.24, 2.45) is 11.7 Å². The van der Waals surface area contributed by atoms with E-state index in [9.17, 15) is 27.2 Å². The minimum atomic E-state index is -4.71. The maximum Gasteiger partial charge on any atom is 0.416 e. The molecule has 23 heavy (non-hydrogen) atoms. The first-order chi connectivity index (χ1) is 10.4. The highest BCUT2D eigenvalue weighted by Crippen LogP contribution is 2.30.